The fourth-order valence-corrected chi connectivity index (χ4v) is 7.13. The molecule has 0 unspecified atom stereocenters. The minimum absolute atomic E-state index is 0.0180. The molecule has 0 radical (unpaired) electrons. The second-order valence-electron chi connectivity index (χ2n) is 8.55. The van der Waals surface area contributed by atoms with Crippen LogP contribution in [0.4, 0.5) is 10.7 Å². The minimum atomic E-state index is -4.17. The standard InChI is InChI=1S/C27H30N2O7S2/c1-4-36-27(31)25-20-12-8-9-13-23(20)37-26(25)28-24(30)17-29(38(32,33)19-10-6-5-7-11-19)21-15-14-18(34-2)16-22(21)35-3/h5-7,10-11,14-16H,4,8-9,12-13,17H2,1-3H3,(H,28,30). The number of hydrogen-bond donors (Lipinski definition) is 1. The number of aryl methyl sites for hydroxylation is 1. The van der Waals surface area contributed by atoms with Crippen molar-refractivity contribution in [1.29, 1.82) is 0 Å². The van der Waals surface area contributed by atoms with Gasteiger partial charge >= 0.3 is 5.97 Å². The first-order valence-corrected chi connectivity index (χ1v) is 14.5. The number of ether oxygens (including phenoxy) is 3. The van der Waals surface area contributed by atoms with Crippen LogP contribution in [0.5, 0.6) is 11.5 Å². The van der Waals surface area contributed by atoms with Crippen molar-refractivity contribution in [2.24, 2.45) is 0 Å². The van der Waals surface area contributed by atoms with Crippen LogP contribution in [0, 0.1) is 0 Å². The second-order valence-corrected chi connectivity index (χ2v) is 11.5. The Balaban J connectivity index is 1.72. The lowest BCUT2D eigenvalue weighted by Crippen LogP contribution is -2.38. The summed E-state index contributed by atoms with van der Waals surface area (Å²) in [7, 11) is -1.27. The molecule has 1 aliphatic rings. The Labute approximate surface area is 226 Å². The van der Waals surface area contributed by atoms with E-state index in [0.717, 1.165) is 40.4 Å². The highest BCUT2D eigenvalue weighted by molar-refractivity contribution is 7.92. The predicted molar refractivity (Wildman–Crippen MR) is 146 cm³/mol. The SMILES string of the molecule is CCOC(=O)c1c(NC(=O)CN(c2ccc(OC)cc2OC)S(=O)(=O)c2ccccc2)sc2c1CCCC2. The molecule has 2 aromatic carbocycles. The Kier molecular flexibility index (Phi) is 8.58. The van der Waals surface area contributed by atoms with Gasteiger partial charge in [-0.1, -0.05) is 18.2 Å². The zero-order valence-corrected chi connectivity index (χ0v) is 23.1. The Morgan fingerprint density at radius 2 is 1.76 bits per heavy atom. The molecule has 0 spiro atoms. The molecule has 1 aliphatic carbocycles. The Morgan fingerprint density at radius 3 is 2.45 bits per heavy atom. The summed E-state index contributed by atoms with van der Waals surface area (Å²) < 4.78 is 44.5. The van der Waals surface area contributed by atoms with Gasteiger partial charge in [-0.2, -0.15) is 0 Å². The van der Waals surface area contributed by atoms with Crippen LogP contribution in [0.3, 0.4) is 0 Å². The number of nitrogens with zero attached hydrogens (tertiary/aromatic N) is 1. The van der Waals surface area contributed by atoms with Crippen molar-refractivity contribution in [2.75, 3.05) is 37.0 Å². The molecular weight excluding hydrogens is 528 g/mol. The van der Waals surface area contributed by atoms with Gasteiger partial charge < -0.3 is 19.5 Å². The van der Waals surface area contributed by atoms with Gasteiger partial charge in [0.15, 0.2) is 0 Å². The Morgan fingerprint density at radius 1 is 1.03 bits per heavy atom. The zero-order chi connectivity index (χ0) is 27.3. The summed E-state index contributed by atoms with van der Waals surface area (Å²) in [5, 5.41) is 3.17. The van der Waals surface area contributed by atoms with E-state index in [2.05, 4.69) is 5.32 Å². The summed E-state index contributed by atoms with van der Waals surface area (Å²) >= 11 is 1.34. The van der Waals surface area contributed by atoms with Crippen LogP contribution >= 0.6 is 11.3 Å². The lowest BCUT2D eigenvalue weighted by atomic mass is 9.95. The summed E-state index contributed by atoms with van der Waals surface area (Å²) in [6, 6.07) is 12.5. The van der Waals surface area contributed by atoms with Gasteiger partial charge in [-0.15, -0.1) is 11.3 Å². The third-order valence-corrected chi connectivity index (χ3v) is 9.16. The van der Waals surface area contributed by atoms with E-state index >= 15 is 0 Å². The summed E-state index contributed by atoms with van der Waals surface area (Å²) in [5.41, 5.74) is 1.43. The van der Waals surface area contributed by atoms with Crippen molar-refractivity contribution in [3.8, 4) is 11.5 Å². The van der Waals surface area contributed by atoms with Crippen LogP contribution < -0.4 is 19.1 Å². The van der Waals surface area contributed by atoms with Crippen LogP contribution in [0.1, 0.15) is 40.6 Å². The topological polar surface area (TPSA) is 111 Å². The van der Waals surface area contributed by atoms with Crippen molar-refractivity contribution in [3.05, 3.63) is 64.5 Å². The molecule has 38 heavy (non-hydrogen) atoms. The normalized spacial score (nSPS) is 12.8. The summed E-state index contributed by atoms with van der Waals surface area (Å²) in [4.78, 5) is 27.3. The minimum Gasteiger partial charge on any atom is -0.497 e. The van der Waals surface area contributed by atoms with E-state index in [1.165, 1.54) is 43.8 Å². The van der Waals surface area contributed by atoms with Gasteiger partial charge in [0.2, 0.25) is 5.91 Å². The van der Waals surface area contributed by atoms with Crippen molar-refractivity contribution in [1.82, 2.24) is 0 Å². The maximum absolute atomic E-state index is 13.8. The fourth-order valence-electron chi connectivity index (χ4n) is 4.38. The average molecular weight is 559 g/mol. The second kappa shape index (κ2) is 11.9. The first kappa shape index (κ1) is 27.5. The van der Waals surface area contributed by atoms with Crippen LogP contribution in [-0.2, 0) is 32.4 Å². The highest BCUT2D eigenvalue weighted by Gasteiger charge is 2.32. The molecule has 0 aliphatic heterocycles. The number of methoxy groups -OCH3 is 2. The van der Waals surface area contributed by atoms with Crippen molar-refractivity contribution >= 4 is 43.9 Å². The maximum atomic E-state index is 13.8. The molecule has 202 valence electrons. The number of hydrogen-bond acceptors (Lipinski definition) is 8. The largest absolute Gasteiger partial charge is 0.497 e. The fraction of sp³-hybridized carbons (Fsp3) is 0.333. The number of thiophene rings is 1. The summed E-state index contributed by atoms with van der Waals surface area (Å²) in [6.07, 6.45) is 3.50. The third kappa shape index (κ3) is 5.63. The molecule has 0 fully saturated rings. The number of carbonyl (C=O) groups excluding carboxylic acids is 2. The van der Waals surface area contributed by atoms with Gasteiger partial charge in [-0.25, -0.2) is 13.2 Å². The molecule has 4 rings (SSSR count). The van der Waals surface area contributed by atoms with Crippen molar-refractivity contribution in [2.45, 2.75) is 37.5 Å². The van der Waals surface area contributed by atoms with E-state index in [4.69, 9.17) is 14.2 Å². The van der Waals surface area contributed by atoms with Gasteiger partial charge in [0.1, 0.15) is 23.0 Å². The summed E-state index contributed by atoms with van der Waals surface area (Å²) in [6.45, 7) is 1.38. The quantitative estimate of drug-likeness (QED) is 0.361. The highest BCUT2D eigenvalue weighted by Crippen LogP contribution is 2.39. The van der Waals surface area contributed by atoms with E-state index in [1.54, 1.807) is 37.3 Å². The number of carbonyl (C=O) groups is 2. The highest BCUT2D eigenvalue weighted by atomic mass is 32.2. The maximum Gasteiger partial charge on any atom is 0.341 e. The van der Waals surface area contributed by atoms with Gasteiger partial charge in [-0.3, -0.25) is 9.10 Å². The molecule has 0 bridgehead atoms. The van der Waals surface area contributed by atoms with Gasteiger partial charge in [0, 0.05) is 10.9 Å². The molecule has 0 saturated heterocycles. The number of benzene rings is 2. The molecule has 0 saturated carbocycles. The molecule has 11 heteroatoms. The van der Waals surface area contributed by atoms with E-state index in [-0.39, 0.29) is 22.9 Å². The molecule has 1 heterocycles. The molecule has 0 atom stereocenters. The van der Waals surface area contributed by atoms with Gasteiger partial charge in [-0.05, 0) is 62.4 Å². The van der Waals surface area contributed by atoms with Crippen molar-refractivity contribution < 1.29 is 32.2 Å². The lowest BCUT2D eigenvalue weighted by molar-refractivity contribution is -0.114. The van der Waals surface area contributed by atoms with Gasteiger partial charge in [0.25, 0.3) is 10.0 Å². The lowest BCUT2D eigenvalue weighted by Gasteiger charge is -2.26. The average Bonchev–Trinajstić information content (AvgIpc) is 3.29. The monoisotopic (exact) mass is 558 g/mol. The van der Waals surface area contributed by atoms with Crippen LogP contribution in [0.2, 0.25) is 0 Å². The summed E-state index contributed by atoms with van der Waals surface area (Å²) in [5.74, 6) is -0.412. The zero-order valence-electron chi connectivity index (χ0n) is 21.5. The van der Waals surface area contributed by atoms with E-state index < -0.39 is 28.4 Å². The molecule has 1 aromatic heterocycles. The van der Waals surface area contributed by atoms with Gasteiger partial charge in [0.05, 0.1) is 37.0 Å². The molecule has 1 amide bonds. The number of esters is 1. The van der Waals surface area contributed by atoms with Crippen molar-refractivity contribution in [3.63, 3.8) is 0 Å². The van der Waals surface area contributed by atoms with Crippen LogP contribution in [0.15, 0.2) is 53.4 Å². The molecule has 3 aromatic rings. The molecule has 1 N–H and O–H groups in total. The number of fused-ring (bicyclic) bond motifs is 1. The first-order chi connectivity index (χ1) is 18.3. The predicted octanol–water partition coefficient (Wildman–Crippen LogP) is 4.65. The first-order valence-electron chi connectivity index (χ1n) is 12.2. The van der Waals surface area contributed by atoms with E-state index in [9.17, 15) is 18.0 Å². The number of sulfonamides is 1. The van der Waals surface area contributed by atoms with Crippen LogP contribution in [0.25, 0.3) is 0 Å². The van der Waals surface area contributed by atoms with E-state index in [0.29, 0.717) is 16.3 Å². The number of amides is 1. The van der Waals surface area contributed by atoms with Crippen LogP contribution in [-0.4, -0.2) is 47.7 Å². The third-order valence-electron chi connectivity index (χ3n) is 6.18. The Hall–Kier alpha value is -3.57. The Bertz CT molecular complexity index is 1420. The smallest absolute Gasteiger partial charge is 0.341 e. The number of rotatable bonds is 10. The molecular formula is C27H30N2O7S2. The number of nitrogens with one attached hydrogen (secondary N) is 1. The molecule has 9 nitrogen and oxygen atoms in total. The van der Waals surface area contributed by atoms with E-state index in [1.807, 2.05) is 0 Å². The number of anilines is 2.